The monoisotopic (exact) mass is 335 g/mol. The second-order valence-corrected chi connectivity index (χ2v) is 5.81. The molecule has 0 atom stereocenters. The molecule has 0 radical (unpaired) electrons. The van der Waals surface area contributed by atoms with Gasteiger partial charge in [0.1, 0.15) is 18.6 Å². The Morgan fingerprint density at radius 3 is 2.88 bits per heavy atom. The van der Waals surface area contributed by atoms with Crippen molar-refractivity contribution in [3.63, 3.8) is 0 Å². The first-order valence-electron chi connectivity index (χ1n) is 8.01. The second kappa shape index (κ2) is 6.32. The number of aromatic nitrogens is 1. The van der Waals surface area contributed by atoms with Gasteiger partial charge in [-0.15, -0.1) is 0 Å². The van der Waals surface area contributed by atoms with E-state index < -0.39 is 0 Å². The summed E-state index contributed by atoms with van der Waals surface area (Å²) in [6.45, 7) is 1.48. The van der Waals surface area contributed by atoms with E-state index in [4.69, 9.17) is 9.15 Å². The molecule has 0 unspecified atom stereocenters. The summed E-state index contributed by atoms with van der Waals surface area (Å²) in [6.07, 6.45) is 1.37. The molecule has 0 fully saturated rings. The maximum atomic E-state index is 12.4. The number of hydrogen-bond donors (Lipinski definition) is 1. The van der Waals surface area contributed by atoms with Gasteiger partial charge in [0.05, 0.1) is 12.2 Å². The van der Waals surface area contributed by atoms with Gasteiger partial charge < -0.3 is 19.4 Å². The maximum Gasteiger partial charge on any atom is 0.277 e. The molecular weight excluding hydrogens is 318 g/mol. The number of hydrogen-bond acceptors (Lipinski definition) is 5. The topological polar surface area (TPSA) is 67.6 Å². The highest BCUT2D eigenvalue weighted by molar-refractivity contribution is 6.03. The summed E-state index contributed by atoms with van der Waals surface area (Å²) in [7, 11) is 2.00. The van der Waals surface area contributed by atoms with E-state index in [0.717, 1.165) is 23.5 Å². The van der Waals surface area contributed by atoms with E-state index in [9.17, 15) is 4.79 Å². The summed E-state index contributed by atoms with van der Waals surface area (Å²) in [4.78, 5) is 18.8. The normalized spacial score (nSPS) is 13.1. The molecule has 2 heterocycles. The number of rotatable bonds is 3. The van der Waals surface area contributed by atoms with E-state index in [1.54, 1.807) is 0 Å². The number of amides is 1. The molecule has 0 spiro atoms. The first-order valence-corrected chi connectivity index (χ1v) is 8.01. The van der Waals surface area contributed by atoms with E-state index in [2.05, 4.69) is 15.2 Å². The second-order valence-electron chi connectivity index (χ2n) is 5.81. The molecule has 0 saturated heterocycles. The third kappa shape index (κ3) is 3.06. The zero-order valence-electron chi connectivity index (χ0n) is 13.7. The molecule has 1 aromatic heterocycles. The summed E-state index contributed by atoms with van der Waals surface area (Å²) in [6, 6.07) is 15.0. The SMILES string of the molecule is CN1CCOc2ccc(NC(=O)c3coc(-c4ccccc4)n3)cc21. The molecule has 4 rings (SSSR count). The van der Waals surface area contributed by atoms with Gasteiger partial charge in [-0.3, -0.25) is 4.79 Å². The number of nitrogens with zero attached hydrogens (tertiary/aromatic N) is 2. The first kappa shape index (κ1) is 15.3. The van der Waals surface area contributed by atoms with Gasteiger partial charge in [-0.05, 0) is 30.3 Å². The third-order valence-electron chi connectivity index (χ3n) is 4.07. The molecule has 0 saturated carbocycles. The molecule has 25 heavy (non-hydrogen) atoms. The molecule has 6 nitrogen and oxygen atoms in total. The lowest BCUT2D eigenvalue weighted by Crippen LogP contribution is -2.28. The summed E-state index contributed by atoms with van der Waals surface area (Å²) in [5, 5.41) is 2.85. The van der Waals surface area contributed by atoms with Gasteiger partial charge in [0.25, 0.3) is 5.91 Å². The Bertz CT molecular complexity index is 905. The molecule has 3 aromatic rings. The average molecular weight is 335 g/mol. The summed E-state index contributed by atoms with van der Waals surface area (Å²) >= 11 is 0. The van der Waals surface area contributed by atoms with Gasteiger partial charge in [-0.2, -0.15) is 0 Å². The van der Waals surface area contributed by atoms with Crippen LogP contribution in [-0.4, -0.2) is 31.1 Å². The standard InChI is InChI=1S/C19H17N3O3/c1-22-9-10-24-17-8-7-14(11-16(17)22)20-18(23)15-12-25-19(21-15)13-5-3-2-4-6-13/h2-8,11-12H,9-10H2,1H3,(H,20,23). The fourth-order valence-electron chi connectivity index (χ4n) is 2.71. The Balaban J connectivity index is 1.53. The number of fused-ring (bicyclic) bond motifs is 1. The number of carbonyl (C=O) groups is 1. The fourth-order valence-corrected chi connectivity index (χ4v) is 2.71. The zero-order valence-corrected chi connectivity index (χ0v) is 13.7. The predicted molar refractivity (Wildman–Crippen MR) is 95.1 cm³/mol. The number of likely N-dealkylation sites (N-methyl/N-ethyl adjacent to an activating group) is 1. The highest BCUT2D eigenvalue weighted by atomic mass is 16.5. The highest BCUT2D eigenvalue weighted by Gasteiger charge is 2.17. The van der Waals surface area contributed by atoms with Crippen LogP contribution < -0.4 is 15.0 Å². The minimum Gasteiger partial charge on any atom is -0.490 e. The maximum absolute atomic E-state index is 12.4. The predicted octanol–water partition coefficient (Wildman–Crippen LogP) is 3.42. The van der Waals surface area contributed by atoms with Crippen LogP contribution in [0.25, 0.3) is 11.5 Å². The van der Waals surface area contributed by atoms with Crippen LogP contribution in [0.3, 0.4) is 0 Å². The van der Waals surface area contributed by atoms with Crippen LogP contribution in [0.4, 0.5) is 11.4 Å². The Labute approximate surface area is 145 Å². The Kier molecular flexibility index (Phi) is 3.85. The fraction of sp³-hybridized carbons (Fsp3) is 0.158. The first-order chi connectivity index (χ1) is 12.2. The zero-order chi connectivity index (χ0) is 17.2. The molecule has 0 bridgehead atoms. The van der Waals surface area contributed by atoms with E-state index >= 15 is 0 Å². The Hall–Kier alpha value is -3.28. The van der Waals surface area contributed by atoms with Gasteiger partial charge in [0, 0.05) is 18.3 Å². The molecule has 1 N–H and O–H groups in total. The van der Waals surface area contributed by atoms with E-state index in [-0.39, 0.29) is 11.6 Å². The van der Waals surface area contributed by atoms with E-state index in [1.807, 2.05) is 55.6 Å². The molecule has 0 aliphatic carbocycles. The summed E-state index contributed by atoms with van der Waals surface area (Å²) < 4.78 is 11.0. The van der Waals surface area contributed by atoms with Gasteiger partial charge in [-0.1, -0.05) is 18.2 Å². The lowest BCUT2D eigenvalue weighted by Gasteiger charge is -2.28. The number of ether oxygens (including phenoxy) is 1. The third-order valence-corrected chi connectivity index (χ3v) is 4.07. The molecule has 6 heteroatoms. The average Bonchev–Trinajstić information content (AvgIpc) is 3.13. The number of anilines is 2. The highest BCUT2D eigenvalue weighted by Crippen LogP contribution is 2.33. The molecule has 126 valence electrons. The Morgan fingerprint density at radius 1 is 1.20 bits per heavy atom. The Morgan fingerprint density at radius 2 is 2.04 bits per heavy atom. The lowest BCUT2D eigenvalue weighted by molar-refractivity contribution is 0.102. The van der Waals surface area contributed by atoms with Crippen molar-refractivity contribution >= 4 is 17.3 Å². The van der Waals surface area contributed by atoms with Gasteiger partial charge in [-0.25, -0.2) is 4.98 Å². The minimum absolute atomic E-state index is 0.237. The van der Waals surface area contributed by atoms with Crippen LogP contribution in [0.1, 0.15) is 10.5 Å². The number of oxazole rings is 1. The summed E-state index contributed by atoms with van der Waals surface area (Å²) in [5.41, 5.74) is 2.70. The molecule has 1 aliphatic rings. The van der Waals surface area contributed by atoms with Crippen molar-refractivity contribution in [2.24, 2.45) is 0 Å². The number of benzene rings is 2. The van der Waals surface area contributed by atoms with Gasteiger partial charge >= 0.3 is 0 Å². The molecule has 1 amide bonds. The van der Waals surface area contributed by atoms with Crippen LogP contribution in [0.5, 0.6) is 5.75 Å². The smallest absolute Gasteiger partial charge is 0.277 e. The van der Waals surface area contributed by atoms with Crippen LogP contribution in [-0.2, 0) is 0 Å². The lowest BCUT2D eigenvalue weighted by atomic mass is 10.2. The minimum atomic E-state index is -0.315. The molecular formula is C19H17N3O3. The molecule has 2 aromatic carbocycles. The number of carbonyl (C=O) groups excluding carboxylic acids is 1. The van der Waals surface area contributed by atoms with Gasteiger partial charge in [0.2, 0.25) is 5.89 Å². The van der Waals surface area contributed by atoms with Crippen molar-refractivity contribution < 1.29 is 13.9 Å². The van der Waals surface area contributed by atoms with Crippen molar-refractivity contribution in [3.8, 4) is 17.2 Å². The van der Waals surface area contributed by atoms with Gasteiger partial charge in [0.15, 0.2) is 5.69 Å². The van der Waals surface area contributed by atoms with Crippen LogP contribution in [0, 0.1) is 0 Å². The van der Waals surface area contributed by atoms with Crippen molar-refractivity contribution in [2.75, 3.05) is 30.4 Å². The van der Waals surface area contributed by atoms with Crippen LogP contribution in [0.2, 0.25) is 0 Å². The number of nitrogens with one attached hydrogen (secondary N) is 1. The van der Waals surface area contributed by atoms with Crippen molar-refractivity contribution in [2.45, 2.75) is 0 Å². The van der Waals surface area contributed by atoms with E-state index in [0.29, 0.717) is 18.2 Å². The van der Waals surface area contributed by atoms with Crippen molar-refractivity contribution in [3.05, 3.63) is 60.5 Å². The van der Waals surface area contributed by atoms with Crippen LogP contribution >= 0.6 is 0 Å². The van der Waals surface area contributed by atoms with E-state index in [1.165, 1.54) is 6.26 Å². The van der Waals surface area contributed by atoms with Crippen LogP contribution in [0.15, 0.2) is 59.2 Å². The quantitative estimate of drug-likeness (QED) is 0.794. The van der Waals surface area contributed by atoms with Crippen molar-refractivity contribution in [1.82, 2.24) is 4.98 Å². The molecule has 1 aliphatic heterocycles. The van der Waals surface area contributed by atoms with Crippen molar-refractivity contribution in [1.29, 1.82) is 0 Å². The summed E-state index contributed by atoms with van der Waals surface area (Å²) in [5.74, 6) is 0.925. The largest absolute Gasteiger partial charge is 0.490 e.